The van der Waals surface area contributed by atoms with Crippen LogP contribution in [0.5, 0.6) is 0 Å². The monoisotopic (exact) mass is 212 g/mol. The van der Waals surface area contributed by atoms with Crippen molar-refractivity contribution in [1.29, 1.82) is 0 Å². The van der Waals surface area contributed by atoms with Gasteiger partial charge in [-0.05, 0) is 0 Å². The van der Waals surface area contributed by atoms with Crippen molar-refractivity contribution in [3.63, 3.8) is 0 Å². The Morgan fingerprint density at radius 2 is 1.87 bits per heavy atom. The molecule has 0 aromatic heterocycles. The van der Waals surface area contributed by atoms with Crippen molar-refractivity contribution < 1.29 is 23.8 Å². The molecule has 1 atom stereocenters. The van der Waals surface area contributed by atoms with Crippen molar-refractivity contribution in [2.24, 2.45) is 0 Å². The zero-order valence-electron chi connectivity index (χ0n) is 8.45. The minimum atomic E-state index is -0.695. The Kier molecular flexibility index (Phi) is 3.62. The van der Waals surface area contributed by atoms with Crippen molar-refractivity contribution >= 4 is 11.9 Å². The van der Waals surface area contributed by atoms with Gasteiger partial charge in [-0.25, -0.2) is 9.59 Å². The lowest BCUT2D eigenvalue weighted by molar-refractivity contribution is -0.141. The second-order valence-corrected chi connectivity index (χ2v) is 3.00. The van der Waals surface area contributed by atoms with Gasteiger partial charge in [0.25, 0.3) is 0 Å². The van der Waals surface area contributed by atoms with Crippen LogP contribution in [0.3, 0.4) is 0 Å². The third-order valence-corrected chi connectivity index (χ3v) is 1.85. The van der Waals surface area contributed by atoms with Crippen LogP contribution in [0, 0.1) is 0 Å². The summed E-state index contributed by atoms with van der Waals surface area (Å²) in [5.74, 6) is -1.37. The van der Waals surface area contributed by atoms with Crippen molar-refractivity contribution in [2.45, 2.75) is 6.10 Å². The molecule has 0 N–H and O–H groups in total. The Morgan fingerprint density at radius 1 is 1.33 bits per heavy atom. The normalized spacial score (nSPS) is 17.8. The Balaban J connectivity index is 2.40. The van der Waals surface area contributed by atoms with Crippen molar-refractivity contribution in [1.82, 2.24) is 0 Å². The molecule has 1 unspecified atom stereocenters. The van der Waals surface area contributed by atoms with E-state index in [1.54, 1.807) is 0 Å². The van der Waals surface area contributed by atoms with Gasteiger partial charge in [-0.15, -0.1) is 0 Å². The second-order valence-electron chi connectivity index (χ2n) is 3.00. The molecule has 1 saturated heterocycles. The minimum absolute atomic E-state index is 0.0202. The predicted molar refractivity (Wildman–Crippen MR) is 51.0 cm³/mol. The van der Waals surface area contributed by atoms with Gasteiger partial charge in [0, 0.05) is 0 Å². The lowest BCUT2D eigenvalue weighted by Gasteiger charge is -2.06. The summed E-state index contributed by atoms with van der Waals surface area (Å²) in [5.41, 5.74) is -0.193. The molecule has 1 fully saturated rings. The van der Waals surface area contributed by atoms with Crippen molar-refractivity contribution in [2.75, 3.05) is 20.3 Å². The van der Waals surface area contributed by atoms with Crippen LogP contribution < -0.4 is 0 Å². The van der Waals surface area contributed by atoms with Gasteiger partial charge in [0.2, 0.25) is 0 Å². The van der Waals surface area contributed by atoms with Gasteiger partial charge in [0.15, 0.2) is 0 Å². The summed E-state index contributed by atoms with van der Waals surface area (Å²) >= 11 is 0. The van der Waals surface area contributed by atoms with Crippen molar-refractivity contribution in [3.05, 3.63) is 24.3 Å². The van der Waals surface area contributed by atoms with Gasteiger partial charge in [0.05, 0.1) is 24.9 Å². The Hall–Kier alpha value is -1.62. The molecule has 15 heavy (non-hydrogen) atoms. The first-order valence-electron chi connectivity index (χ1n) is 4.31. The quantitative estimate of drug-likeness (QED) is 0.282. The van der Waals surface area contributed by atoms with E-state index in [0.29, 0.717) is 6.61 Å². The largest absolute Gasteiger partial charge is 0.465 e. The number of carbonyl (C=O) groups is 2. The van der Waals surface area contributed by atoms with Crippen LogP contribution in [0.25, 0.3) is 0 Å². The number of rotatable bonds is 5. The predicted octanol–water partition coefficient (Wildman–Crippen LogP) is 0.214. The van der Waals surface area contributed by atoms with Crippen LogP contribution >= 0.6 is 0 Å². The summed E-state index contributed by atoms with van der Waals surface area (Å²) < 4.78 is 14.0. The molecule has 1 heterocycles. The maximum absolute atomic E-state index is 11.3. The maximum Gasteiger partial charge on any atom is 0.338 e. The molecule has 0 bridgehead atoms. The Labute approximate surface area is 87.3 Å². The van der Waals surface area contributed by atoms with E-state index in [0.717, 1.165) is 0 Å². The summed E-state index contributed by atoms with van der Waals surface area (Å²) in [6, 6.07) is 0. The fourth-order valence-electron chi connectivity index (χ4n) is 0.790. The molecule has 5 nitrogen and oxygen atoms in total. The van der Waals surface area contributed by atoms with E-state index in [2.05, 4.69) is 17.9 Å². The molecule has 5 heteroatoms. The van der Waals surface area contributed by atoms with E-state index in [1.807, 2.05) is 0 Å². The summed E-state index contributed by atoms with van der Waals surface area (Å²) in [6.45, 7) is 7.56. The van der Waals surface area contributed by atoms with E-state index in [1.165, 1.54) is 7.11 Å². The number of hydrogen-bond acceptors (Lipinski definition) is 5. The van der Waals surface area contributed by atoms with Gasteiger partial charge in [0.1, 0.15) is 12.7 Å². The highest BCUT2D eigenvalue weighted by Crippen LogP contribution is 2.13. The number of methoxy groups -OCH3 is 1. The van der Waals surface area contributed by atoms with E-state index in [-0.39, 0.29) is 23.9 Å². The molecule has 0 saturated carbocycles. The third-order valence-electron chi connectivity index (χ3n) is 1.85. The molecule has 1 aliphatic rings. The van der Waals surface area contributed by atoms with Gasteiger partial charge in [-0.2, -0.15) is 0 Å². The molecular formula is C10H12O5. The molecule has 0 spiro atoms. The number of epoxide rings is 1. The van der Waals surface area contributed by atoms with Gasteiger partial charge >= 0.3 is 11.9 Å². The first kappa shape index (κ1) is 11.5. The smallest absolute Gasteiger partial charge is 0.338 e. The molecule has 1 aliphatic heterocycles. The number of esters is 2. The fraction of sp³-hybridized carbons (Fsp3) is 0.400. The number of ether oxygens (including phenoxy) is 3. The minimum Gasteiger partial charge on any atom is -0.465 e. The van der Waals surface area contributed by atoms with Crippen LogP contribution in [0.2, 0.25) is 0 Å². The zero-order chi connectivity index (χ0) is 11.4. The number of carbonyl (C=O) groups excluding carboxylic acids is 2. The molecule has 0 amide bonds. The summed E-state index contributed by atoms with van der Waals surface area (Å²) in [7, 11) is 1.20. The first-order valence-corrected chi connectivity index (χ1v) is 4.31. The fourth-order valence-corrected chi connectivity index (χ4v) is 0.790. The highest BCUT2D eigenvalue weighted by Gasteiger charge is 2.26. The van der Waals surface area contributed by atoms with Crippen LogP contribution in [-0.2, 0) is 23.8 Å². The third kappa shape index (κ3) is 3.21. The summed E-state index contributed by atoms with van der Waals surface area (Å²) in [6.07, 6.45) is -0.0202. The highest BCUT2D eigenvalue weighted by molar-refractivity contribution is 6.05. The average Bonchev–Trinajstić information content (AvgIpc) is 3.06. The Bertz CT molecular complexity index is 314. The van der Waals surface area contributed by atoms with Crippen LogP contribution in [0.15, 0.2) is 24.3 Å². The highest BCUT2D eigenvalue weighted by atomic mass is 16.6. The van der Waals surface area contributed by atoms with Crippen LogP contribution in [0.4, 0.5) is 0 Å². The summed E-state index contributed by atoms with van der Waals surface area (Å²) in [5, 5.41) is 0. The molecule has 82 valence electrons. The lowest BCUT2D eigenvalue weighted by atomic mass is 10.1. The van der Waals surface area contributed by atoms with Crippen LogP contribution in [-0.4, -0.2) is 38.4 Å². The molecule has 1 rings (SSSR count). The maximum atomic E-state index is 11.3. The van der Waals surface area contributed by atoms with E-state index in [9.17, 15) is 9.59 Å². The molecule has 0 aromatic rings. The Morgan fingerprint density at radius 3 is 2.33 bits per heavy atom. The lowest BCUT2D eigenvalue weighted by Crippen LogP contribution is -2.16. The average molecular weight is 212 g/mol. The zero-order valence-corrected chi connectivity index (χ0v) is 8.45. The van der Waals surface area contributed by atoms with Gasteiger partial charge in [-0.1, -0.05) is 13.2 Å². The SMILES string of the molecule is C=C(C(=C)C(=O)OCC1CO1)C(=O)OC. The molecular weight excluding hydrogens is 200 g/mol. The van der Waals surface area contributed by atoms with E-state index >= 15 is 0 Å². The topological polar surface area (TPSA) is 65.1 Å². The molecule has 0 radical (unpaired) electrons. The molecule has 0 aliphatic carbocycles. The second kappa shape index (κ2) is 4.75. The van der Waals surface area contributed by atoms with Crippen molar-refractivity contribution in [3.8, 4) is 0 Å². The van der Waals surface area contributed by atoms with E-state index in [4.69, 9.17) is 9.47 Å². The first-order chi connectivity index (χ1) is 7.06. The molecule has 0 aromatic carbocycles. The standard InChI is InChI=1S/C10H12O5/c1-6(9(11)13-3)7(2)10(12)15-5-8-4-14-8/h8H,1-2,4-5H2,3H3. The van der Waals surface area contributed by atoms with Crippen LogP contribution in [0.1, 0.15) is 0 Å². The van der Waals surface area contributed by atoms with Gasteiger partial charge in [-0.3, -0.25) is 0 Å². The van der Waals surface area contributed by atoms with Gasteiger partial charge < -0.3 is 14.2 Å². The van der Waals surface area contributed by atoms with E-state index < -0.39 is 11.9 Å². The number of hydrogen-bond donors (Lipinski definition) is 0. The summed E-state index contributed by atoms with van der Waals surface area (Å²) in [4.78, 5) is 22.3.